The Morgan fingerprint density at radius 2 is 1.00 bits per heavy atom. The highest BCUT2D eigenvalue weighted by Crippen LogP contribution is 2.40. The summed E-state index contributed by atoms with van der Waals surface area (Å²) in [7, 11) is 0. The molecule has 2 saturated carbocycles. The van der Waals surface area contributed by atoms with E-state index in [0.717, 1.165) is 38.8 Å². The van der Waals surface area contributed by atoms with Crippen molar-refractivity contribution in [3.05, 3.63) is 0 Å². The van der Waals surface area contributed by atoms with Crippen LogP contribution < -0.4 is 21.3 Å². The second-order valence-corrected chi connectivity index (χ2v) is 11.4. The number of alkyl carbamates (subject to hydrolysis) is 2. The van der Waals surface area contributed by atoms with Crippen LogP contribution in [0.5, 0.6) is 0 Å². The molecule has 4 aliphatic rings. The SMILES string of the molecule is CC(C)(C)OC(=O)NC1CC2(CCN2)C1.CC(C)(C)OC(=O)NC1CC2(CCN2)C1.Cl.Cl. The minimum absolute atomic E-state index is 0. The van der Waals surface area contributed by atoms with Crippen molar-refractivity contribution in [1.29, 1.82) is 0 Å². The van der Waals surface area contributed by atoms with Gasteiger partial charge in [-0.05, 0) is 93.2 Å². The maximum atomic E-state index is 11.4. The first-order valence-corrected chi connectivity index (χ1v) is 11.3. The molecule has 188 valence electrons. The van der Waals surface area contributed by atoms with Crippen LogP contribution >= 0.6 is 24.8 Å². The lowest BCUT2D eigenvalue weighted by Crippen LogP contribution is -2.69. The average molecular weight is 498 g/mol. The molecule has 0 aromatic rings. The van der Waals surface area contributed by atoms with Crippen LogP contribution in [0, 0.1) is 0 Å². The van der Waals surface area contributed by atoms with Crippen LogP contribution in [0.15, 0.2) is 0 Å². The molecular weight excluding hydrogens is 455 g/mol. The summed E-state index contributed by atoms with van der Waals surface area (Å²) in [5, 5.41) is 12.6. The molecule has 4 N–H and O–H groups in total. The van der Waals surface area contributed by atoms with Crippen molar-refractivity contribution in [3.63, 3.8) is 0 Å². The van der Waals surface area contributed by atoms with Gasteiger partial charge in [-0.1, -0.05) is 0 Å². The molecule has 0 aromatic carbocycles. The molecule has 0 unspecified atom stereocenters. The molecule has 4 fully saturated rings. The lowest BCUT2D eigenvalue weighted by Gasteiger charge is -2.54. The molecule has 2 amide bonds. The average Bonchev–Trinajstić information content (AvgIpc) is 2.38. The van der Waals surface area contributed by atoms with E-state index in [-0.39, 0.29) is 37.0 Å². The summed E-state index contributed by atoms with van der Waals surface area (Å²) in [4.78, 5) is 22.9. The van der Waals surface area contributed by atoms with Crippen molar-refractivity contribution in [3.8, 4) is 0 Å². The number of ether oxygens (including phenoxy) is 2. The fourth-order valence-electron chi connectivity index (χ4n) is 4.57. The molecule has 2 heterocycles. The largest absolute Gasteiger partial charge is 0.444 e. The predicted molar refractivity (Wildman–Crippen MR) is 130 cm³/mol. The summed E-state index contributed by atoms with van der Waals surface area (Å²) in [6, 6.07) is 0.597. The summed E-state index contributed by atoms with van der Waals surface area (Å²) < 4.78 is 10.4. The second-order valence-electron chi connectivity index (χ2n) is 11.4. The van der Waals surface area contributed by atoms with E-state index in [1.54, 1.807) is 0 Å². The van der Waals surface area contributed by atoms with E-state index in [1.807, 2.05) is 41.5 Å². The predicted octanol–water partition coefficient (Wildman–Crippen LogP) is 3.65. The molecule has 8 nitrogen and oxygen atoms in total. The zero-order valence-corrected chi connectivity index (χ0v) is 21.9. The van der Waals surface area contributed by atoms with Gasteiger partial charge in [-0.2, -0.15) is 0 Å². The van der Waals surface area contributed by atoms with Gasteiger partial charge in [0.2, 0.25) is 0 Å². The maximum absolute atomic E-state index is 11.4. The van der Waals surface area contributed by atoms with Gasteiger partial charge in [0.15, 0.2) is 0 Å². The van der Waals surface area contributed by atoms with E-state index in [9.17, 15) is 9.59 Å². The van der Waals surface area contributed by atoms with Gasteiger partial charge in [0.25, 0.3) is 0 Å². The van der Waals surface area contributed by atoms with Crippen molar-refractivity contribution < 1.29 is 19.1 Å². The molecule has 2 aliphatic heterocycles. The van der Waals surface area contributed by atoms with E-state index >= 15 is 0 Å². The highest BCUT2D eigenvalue weighted by Gasteiger charge is 2.49. The van der Waals surface area contributed by atoms with Gasteiger partial charge >= 0.3 is 12.2 Å². The molecule has 0 radical (unpaired) electrons. The highest BCUT2D eigenvalue weighted by molar-refractivity contribution is 5.85. The van der Waals surface area contributed by atoms with E-state index in [2.05, 4.69) is 21.3 Å². The minimum atomic E-state index is -0.403. The van der Waals surface area contributed by atoms with Gasteiger partial charge in [0.05, 0.1) is 0 Å². The van der Waals surface area contributed by atoms with Crippen LogP contribution in [0.4, 0.5) is 9.59 Å². The molecule has 0 atom stereocenters. The highest BCUT2D eigenvalue weighted by atomic mass is 35.5. The third-order valence-corrected chi connectivity index (χ3v) is 6.20. The number of halogens is 2. The Balaban J connectivity index is 0.000000301. The first-order chi connectivity index (χ1) is 13.8. The quantitative estimate of drug-likeness (QED) is 0.465. The van der Waals surface area contributed by atoms with Crippen molar-refractivity contribution in [2.75, 3.05) is 13.1 Å². The third-order valence-electron chi connectivity index (χ3n) is 6.20. The number of nitrogens with one attached hydrogen (secondary N) is 4. The standard InChI is InChI=1S/2C11H20N2O2.2ClH/c2*1-10(2,3)15-9(14)13-8-6-11(7-8)4-5-12-11;;/h2*8,12H,4-7H2,1-3H3,(H,13,14);2*1H. The van der Waals surface area contributed by atoms with Gasteiger partial charge in [-0.25, -0.2) is 9.59 Å². The number of hydrogen-bond donors (Lipinski definition) is 4. The lowest BCUT2D eigenvalue weighted by atomic mass is 9.66. The Morgan fingerprint density at radius 3 is 1.19 bits per heavy atom. The fraction of sp³-hybridized carbons (Fsp3) is 0.909. The molecule has 0 aromatic heterocycles. The smallest absolute Gasteiger partial charge is 0.407 e. The Bertz CT molecular complexity index is 583. The Kier molecular flexibility index (Phi) is 9.57. The van der Waals surface area contributed by atoms with Crippen molar-refractivity contribution in [2.45, 2.75) is 114 Å². The van der Waals surface area contributed by atoms with Gasteiger partial charge < -0.3 is 30.7 Å². The number of rotatable bonds is 2. The molecule has 4 rings (SSSR count). The number of amides is 2. The van der Waals surface area contributed by atoms with Crippen molar-refractivity contribution in [2.24, 2.45) is 0 Å². The van der Waals surface area contributed by atoms with Crippen LogP contribution in [-0.4, -0.2) is 59.6 Å². The van der Waals surface area contributed by atoms with E-state index < -0.39 is 11.2 Å². The topological polar surface area (TPSA) is 101 Å². The summed E-state index contributed by atoms with van der Waals surface area (Å²) >= 11 is 0. The molecule has 0 bridgehead atoms. The third kappa shape index (κ3) is 8.12. The van der Waals surface area contributed by atoms with E-state index in [4.69, 9.17) is 9.47 Å². The maximum Gasteiger partial charge on any atom is 0.407 e. The second kappa shape index (κ2) is 10.5. The Hall–Kier alpha value is -0.960. The van der Waals surface area contributed by atoms with Crippen LogP contribution in [0.1, 0.15) is 80.1 Å². The van der Waals surface area contributed by atoms with Crippen LogP contribution in [0.2, 0.25) is 0 Å². The van der Waals surface area contributed by atoms with E-state index in [1.165, 1.54) is 12.8 Å². The Morgan fingerprint density at radius 1 is 0.719 bits per heavy atom. The van der Waals surface area contributed by atoms with Gasteiger partial charge in [0.1, 0.15) is 11.2 Å². The number of carbonyl (C=O) groups is 2. The zero-order chi connectivity index (χ0) is 22.2. The molecular formula is C22H42Cl2N4O4. The normalized spacial score (nSPS) is 32.1. The summed E-state index contributed by atoms with van der Waals surface area (Å²) in [6.45, 7) is 13.5. The lowest BCUT2D eigenvalue weighted by molar-refractivity contribution is 0.0271. The van der Waals surface area contributed by atoms with E-state index in [0.29, 0.717) is 23.2 Å². The summed E-state index contributed by atoms with van der Waals surface area (Å²) in [6.07, 6.45) is 6.11. The number of carbonyl (C=O) groups excluding carboxylic acids is 2. The molecule has 2 spiro atoms. The minimum Gasteiger partial charge on any atom is -0.444 e. The molecule has 2 aliphatic carbocycles. The van der Waals surface area contributed by atoms with Gasteiger partial charge in [-0.15, -0.1) is 24.8 Å². The fourth-order valence-corrected chi connectivity index (χ4v) is 4.57. The summed E-state index contributed by atoms with van der Waals surface area (Å²) in [5.74, 6) is 0. The zero-order valence-electron chi connectivity index (χ0n) is 20.3. The first-order valence-electron chi connectivity index (χ1n) is 11.3. The Labute approximate surface area is 204 Å². The van der Waals surface area contributed by atoms with Crippen molar-refractivity contribution in [1.82, 2.24) is 21.3 Å². The van der Waals surface area contributed by atoms with Crippen LogP contribution in [0.25, 0.3) is 0 Å². The first kappa shape index (κ1) is 29.1. The molecule has 32 heavy (non-hydrogen) atoms. The van der Waals surface area contributed by atoms with Crippen LogP contribution in [0.3, 0.4) is 0 Å². The van der Waals surface area contributed by atoms with Crippen molar-refractivity contribution >= 4 is 37.0 Å². The summed E-state index contributed by atoms with van der Waals surface area (Å²) in [5.41, 5.74) is -0.0835. The van der Waals surface area contributed by atoms with Gasteiger partial charge in [-0.3, -0.25) is 0 Å². The van der Waals surface area contributed by atoms with Crippen LogP contribution in [-0.2, 0) is 9.47 Å². The molecule has 10 heteroatoms. The van der Waals surface area contributed by atoms with Gasteiger partial charge in [0, 0.05) is 23.2 Å². The monoisotopic (exact) mass is 496 g/mol. The molecule has 2 saturated heterocycles. The number of hydrogen-bond acceptors (Lipinski definition) is 6.